The Balaban J connectivity index is 1.79. The largest absolute Gasteiger partial charge is 0.328 e. The predicted molar refractivity (Wildman–Crippen MR) is 66.2 cm³/mol. The minimum absolute atomic E-state index is 0.295. The second-order valence-electron chi connectivity index (χ2n) is 5.52. The van der Waals surface area contributed by atoms with Crippen LogP contribution in [0.4, 0.5) is 0 Å². The molecule has 0 aliphatic carbocycles. The van der Waals surface area contributed by atoms with Crippen molar-refractivity contribution in [1.82, 2.24) is 5.32 Å². The molecule has 3 atom stereocenters. The van der Waals surface area contributed by atoms with E-state index in [4.69, 9.17) is 5.73 Å². The van der Waals surface area contributed by atoms with Crippen molar-refractivity contribution in [1.29, 1.82) is 0 Å². The smallest absolute Gasteiger partial charge is 0.0239 e. The van der Waals surface area contributed by atoms with Crippen LogP contribution in [0.25, 0.3) is 0 Å². The van der Waals surface area contributed by atoms with Crippen molar-refractivity contribution >= 4 is 0 Å². The van der Waals surface area contributed by atoms with E-state index < -0.39 is 0 Å². The lowest BCUT2D eigenvalue weighted by Crippen LogP contribution is -2.54. The molecule has 2 aliphatic rings. The Morgan fingerprint density at radius 3 is 2.94 bits per heavy atom. The van der Waals surface area contributed by atoms with Crippen molar-refractivity contribution in [3.8, 4) is 0 Å². The molecule has 0 saturated carbocycles. The number of hydrogen-bond acceptors (Lipinski definition) is 2. The van der Waals surface area contributed by atoms with Crippen molar-refractivity contribution in [2.45, 2.75) is 49.7 Å². The van der Waals surface area contributed by atoms with Gasteiger partial charge in [-0.3, -0.25) is 0 Å². The number of hydrogen-bond donors (Lipinski definition) is 2. The molecule has 0 radical (unpaired) electrons. The highest BCUT2D eigenvalue weighted by Gasteiger charge is 2.43. The fraction of sp³-hybridized carbons (Fsp3) is 0.571. The van der Waals surface area contributed by atoms with E-state index in [1.165, 1.54) is 18.4 Å². The van der Waals surface area contributed by atoms with Crippen LogP contribution in [0.5, 0.6) is 0 Å². The Morgan fingerprint density at radius 1 is 1.31 bits per heavy atom. The van der Waals surface area contributed by atoms with Gasteiger partial charge in [0.2, 0.25) is 0 Å². The van der Waals surface area contributed by atoms with Crippen LogP contribution in [0.3, 0.4) is 0 Å². The van der Waals surface area contributed by atoms with E-state index in [-0.39, 0.29) is 0 Å². The Hall–Kier alpha value is -0.860. The highest BCUT2D eigenvalue weighted by molar-refractivity contribution is 5.20. The molecule has 0 amide bonds. The van der Waals surface area contributed by atoms with Gasteiger partial charge in [-0.05, 0) is 37.7 Å². The average Bonchev–Trinajstić information content (AvgIpc) is 2.55. The first kappa shape index (κ1) is 10.3. The van der Waals surface area contributed by atoms with E-state index in [0.717, 1.165) is 19.3 Å². The first-order valence-electron chi connectivity index (χ1n) is 6.33. The topological polar surface area (TPSA) is 38.0 Å². The van der Waals surface area contributed by atoms with Crippen LogP contribution in [0, 0.1) is 0 Å². The molecule has 0 aromatic heterocycles. The lowest BCUT2D eigenvalue weighted by atomic mass is 9.82. The third-order valence-corrected chi connectivity index (χ3v) is 4.11. The lowest BCUT2D eigenvalue weighted by molar-refractivity contribution is 0.249. The molecule has 2 heteroatoms. The van der Waals surface area contributed by atoms with Crippen LogP contribution < -0.4 is 11.1 Å². The summed E-state index contributed by atoms with van der Waals surface area (Å²) in [5, 5.41) is 3.80. The molecule has 3 unspecified atom stereocenters. The van der Waals surface area contributed by atoms with Gasteiger partial charge in [-0.1, -0.05) is 30.3 Å². The summed E-state index contributed by atoms with van der Waals surface area (Å²) >= 11 is 0. The second kappa shape index (κ2) is 3.86. The maximum absolute atomic E-state index is 6.15. The van der Waals surface area contributed by atoms with E-state index in [2.05, 4.69) is 35.6 Å². The van der Waals surface area contributed by atoms with Crippen molar-refractivity contribution < 1.29 is 0 Å². The number of fused-ring (bicyclic) bond motifs is 2. The molecule has 2 heterocycles. The highest BCUT2D eigenvalue weighted by Crippen LogP contribution is 2.37. The van der Waals surface area contributed by atoms with Crippen LogP contribution in [-0.4, -0.2) is 17.6 Å². The predicted octanol–water partition coefficient (Wildman–Crippen LogP) is 1.84. The third kappa shape index (κ3) is 1.87. The SMILES string of the molecule is NC1CC2CCC(Cc3ccccc3)(C1)N2. The van der Waals surface area contributed by atoms with Crippen molar-refractivity contribution in [2.75, 3.05) is 0 Å². The summed E-state index contributed by atoms with van der Waals surface area (Å²) < 4.78 is 0. The summed E-state index contributed by atoms with van der Waals surface area (Å²) in [6.07, 6.45) is 6.04. The van der Waals surface area contributed by atoms with Crippen LogP contribution in [0.15, 0.2) is 30.3 Å². The van der Waals surface area contributed by atoms with E-state index in [1.807, 2.05) is 0 Å². The minimum Gasteiger partial charge on any atom is -0.328 e. The van der Waals surface area contributed by atoms with Crippen LogP contribution >= 0.6 is 0 Å². The molecule has 2 bridgehead atoms. The fourth-order valence-corrected chi connectivity index (χ4v) is 3.51. The first-order chi connectivity index (χ1) is 7.76. The summed E-state index contributed by atoms with van der Waals surface area (Å²) in [6.45, 7) is 0. The van der Waals surface area contributed by atoms with Gasteiger partial charge in [0, 0.05) is 17.6 Å². The normalized spacial score (nSPS) is 37.6. The van der Waals surface area contributed by atoms with Gasteiger partial charge in [-0.25, -0.2) is 0 Å². The maximum Gasteiger partial charge on any atom is 0.0239 e. The molecule has 0 spiro atoms. The van der Waals surface area contributed by atoms with Crippen LogP contribution in [0.1, 0.15) is 31.2 Å². The van der Waals surface area contributed by atoms with Crippen molar-refractivity contribution in [2.24, 2.45) is 5.73 Å². The van der Waals surface area contributed by atoms with E-state index in [9.17, 15) is 0 Å². The van der Waals surface area contributed by atoms with Gasteiger partial charge >= 0.3 is 0 Å². The summed E-state index contributed by atoms with van der Waals surface area (Å²) in [4.78, 5) is 0. The molecule has 3 rings (SSSR count). The monoisotopic (exact) mass is 216 g/mol. The molecule has 1 aromatic carbocycles. The molecule has 16 heavy (non-hydrogen) atoms. The Morgan fingerprint density at radius 2 is 2.12 bits per heavy atom. The molecule has 2 fully saturated rings. The number of piperidine rings is 1. The Kier molecular flexibility index (Phi) is 2.49. The summed E-state index contributed by atoms with van der Waals surface area (Å²) in [5.41, 5.74) is 7.88. The molecular formula is C14H20N2. The standard InChI is InChI=1S/C14H20N2/c15-12-8-13-6-7-14(10-12,16-13)9-11-4-2-1-3-5-11/h1-5,12-13,16H,6-10,15H2. The third-order valence-electron chi connectivity index (χ3n) is 4.11. The Bertz CT molecular complexity index is 362. The maximum atomic E-state index is 6.15. The summed E-state index contributed by atoms with van der Waals surface area (Å²) in [7, 11) is 0. The fourth-order valence-electron chi connectivity index (χ4n) is 3.51. The zero-order valence-electron chi connectivity index (χ0n) is 9.65. The zero-order chi connectivity index (χ0) is 11.0. The Labute approximate surface area is 97.2 Å². The molecule has 2 saturated heterocycles. The molecule has 86 valence electrons. The first-order valence-corrected chi connectivity index (χ1v) is 6.33. The van der Waals surface area contributed by atoms with Gasteiger partial charge in [0.15, 0.2) is 0 Å². The number of benzene rings is 1. The summed E-state index contributed by atoms with van der Waals surface area (Å²) in [5.74, 6) is 0. The molecule has 2 nitrogen and oxygen atoms in total. The lowest BCUT2D eigenvalue weighted by Gasteiger charge is -2.38. The van der Waals surface area contributed by atoms with E-state index in [0.29, 0.717) is 17.6 Å². The van der Waals surface area contributed by atoms with Gasteiger partial charge in [-0.2, -0.15) is 0 Å². The van der Waals surface area contributed by atoms with Crippen molar-refractivity contribution in [3.63, 3.8) is 0 Å². The summed E-state index contributed by atoms with van der Waals surface area (Å²) in [6, 6.07) is 11.9. The van der Waals surface area contributed by atoms with E-state index in [1.54, 1.807) is 0 Å². The molecular weight excluding hydrogens is 196 g/mol. The van der Waals surface area contributed by atoms with E-state index >= 15 is 0 Å². The van der Waals surface area contributed by atoms with Gasteiger partial charge in [0.25, 0.3) is 0 Å². The van der Waals surface area contributed by atoms with Gasteiger partial charge in [0.1, 0.15) is 0 Å². The molecule has 1 aromatic rings. The average molecular weight is 216 g/mol. The second-order valence-corrected chi connectivity index (χ2v) is 5.52. The molecule has 3 N–H and O–H groups in total. The van der Waals surface area contributed by atoms with Crippen LogP contribution in [-0.2, 0) is 6.42 Å². The zero-order valence-corrected chi connectivity index (χ0v) is 9.65. The number of rotatable bonds is 2. The number of nitrogens with two attached hydrogens (primary N) is 1. The molecule has 2 aliphatic heterocycles. The van der Waals surface area contributed by atoms with Crippen LogP contribution in [0.2, 0.25) is 0 Å². The van der Waals surface area contributed by atoms with Gasteiger partial charge in [0.05, 0.1) is 0 Å². The van der Waals surface area contributed by atoms with Gasteiger partial charge < -0.3 is 11.1 Å². The van der Waals surface area contributed by atoms with Gasteiger partial charge in [-0.15, -0.1) is 0 Å². The number of nitrogens with one attached hydrogen (secondary N) is 1. The highest BCUT2D eigenvalue weighted by atomic mass is 15.1. The quantitative estimate of drug-likeness (QED) is 0.791. The minimum atomic E-state index is 0.295. The van der Waals surface area contributed by atoms with Crippen molar-refractivity contribution in [3.05, 3.63) is 35.9 Å².